The van der Waals surface area contributed by atoms with Crippen LogP contribution in [0.3, 0.4) is 0 Å². The van der Waals surface area contributed by atoms with Crippen LogP contribution in [0, 0.1) is 11.8 Å². The number of nitrogens with zero attached hydrogens (tertiary/aromatic N) is 1. The van der Waals surface area contributed by atoms with Gasteiger partial charge in [-0.05, 0) is 61.6 Å². The fourth-order valence-corrected chi connectivity index (χ4v) is 3.46. The smallest absolute Gasteiger partial charge is 0.315 e. The molecule has 0 spiro atoms. The number of carbonyl (C=O) groups excluding carboxylic acids is 1. The summed E-state index contributed by atoms with van der Waals surface area (Å²) in [5, 5.41) is 6.12. The molecule has 114 valence electrons. The number of urea groups is 1. The van der Waals surface area contributed by atoms with Gasteiger partial charge in [-0.15, -0.1) is 0 Å². The molecule has 2 saturated carbocycles. The minimum atomic E-state index is -0.00879. The summed E-state index contributed by atoms with van der Waals surface area (Å²) in [6, 6.07) is 4.35. The maximum atomic E-state index is 12.0. The van der Waals surface area contributed by atoms with E-state index in [0.717, 1.165) is 24.7 Å². The third kappa shape index (κ3) is 4.45. The van der Waals surface area contributed by atoms with Gasteiger partial charge in [-0.3, -0.25) is 4.98 Å². The Hall–Kier alpha value is -1.58. The van der Waals surface area contributed by atoms with E-state index >= 15 is 0 Å². The third-order valence-electron chi connectivity index (χ3n) is 4.79. The van der Waals surface area contributed by atoms with Crippen LogP contribution in [0.5, 0.6) is 0 Å². The highest BCUT2D eigenvalue weighted by Gasteiger charge is 2.34. The summed E-state index contributed by atoms with van der Waals surface area (Å²) in [4.78, 5) is 16.0. The zero-order chi connectivity index (χ0) is 14.5. The molecule has 4 nitrogen and oxygen atoms in total. The lowest BCUT2D eigenvalue weighted by Crippen LogP contribution is -2.44. The third-order valence-corrected chi connectivity index (χ3v) is 4.79. The Morgan fingerprint density at radius 1 is 1.14 bits per heavy atom. The molecule has 2 aliphatic rings. The second-order valence-electron chi connectivity index (χ2n) is 6.47. The molecule has 2 fully saturated rings. The Labute approximate surface area is 126 Å². The van der Waals surface area contributed by atoms with Crippen LogP contribution in [0.2, 0.25) is 0 Å². The predicted molar refractivity (Wildman–Crippen MR) is 82.9 cm³/mol. The standard InChI is InChI=1S/C17H25N3O/c21-17(19-11-8-13-6-9-18-10-7-13)20-16-3-1-2-15(12-16)14-4-5-14/h6-7,9-10,14-16H,1-5,8,11-12H2,(H2,19,20,21)/t15-,16-/m1/s1. The van der Waals surface area contributed by atoms with Gasteiger partial charge in [-0.1, -0.05) is 12.8 Å². The lowest BCUT2D eigenvalue weighted by Gasteiger charge is -2.29. The highest BCUT2D eigenvalue weighted by atomic mass is 16.2. The Kier molecular flexibility index (Phi) is 4.73. The van der Waals surface area contributed by atoms with Gasteiger partial charge in [0.15, 0.2) is 0 Å². The van der Waals surface area contributed by atoms with E-state index < -0.39 is 0 Å². The zero-order valence-electron chi connectivity index (χ0n) is 12.6. The summed E-state index contributed by atoms with van der Waals surface area (Å²) in [7, 11) is 0. The molecular formula is C17H25N3O. The first kappa shape index (κ1) is 14.4. The normalized spacial score (nSPS) is 25.3. The summed E-state index contributed by atoms with van der Waals surface area (Å²) >= 11 is 0. The molecule has 0 aromatic carbocycles. The van der Waals surface area contributed by atoms with Crippen molar-refractivity contribution in [1.82, 2.24) is 15.6 Å². The van der Waals surface area contributed by atoms with E-state index in [1.54, 1.807) is 12.4 Å². The molecule has 2 aliphatic carbocycles. The number of carbonyl (C=O) groups is 1. The molecule has 2 amide bonds. The van der Waals surface area contributed by atoms with Gasteiger partial charge >= 0.3 is 6.03 Å². The van der Waals surface area contributed by atoms with E-state index in [1.807, 2.05) is 12.1 Å². The maximum Gasteiger partial charge on any atom is 0.315 e. The Morgan fingerprint density at radius 2 is 1.95 bits per heavy atom. The zero-order valence-corrected chi connectivity index (χ0v) is 12.6. The van der Waals surface area contributed by atoms with E-state index in [-0.39, 0.29) is 6.03 Å². The first-order valence-corrected chi connectivity index (χ1v) is 8.24. The largest absolute Gasteiger partial charge is 0.338 e. The van der Waals surface area contributed by atoms with Crippen LogP contribution in [0.25, 0.3) is 0 Å². The quantitative estimate of drug-likeness (QED) is 0.875. The van der Waals surface area contributed by atoms with E-state index in [1.165, 1.54) is 37.7 Å². The summed E-state index contributed by atoms with van der Waals surface area (Å²) in [6.07, 6.45) is 12.2. The topological polar surface area (TPSA) is 54.0 Å². The van der Waals surface area contributed by atoms with Crippen LogP contribution >= 0.6 is 0 Å². The number of hydrogen-bond acceptors (Lipinski definition) is 2. The van der Waals surface area contributed by atoms with Gasteiger partial charge in [0.2, 0.25) is 0 Å². The Balaban J connectivity index is 1.35. The van der Waals surface area contributed by atoms with Crippen molar-refractivity contribution in [3.63, 3.8) is 0 Å². The van der Waals surface area contributed by atoms with Gasteiger partial charge in [0, 0.05) is 25.0 Å². The average molecular weight is 287 g/mol. The van der Waals surface area contributed by atoms with Crippen molar-refractivity contribution in [3.05, 3.63) is 30.1 Å². The van der Waals surface area contributed by atoms with E-state index in [4.69, 9.17) is 0 Å². The van der Waals surface area contributed by atoms with Crippen LogP contribution in [0.4, 0.5) is 4.79 Å². The van der Waals surface area contributed by atoms with Crippen LogP contribution in [-0.2, 0) is 6.42 Å². The fourth-order valence-electron chi connectivity index (χ4n) is 3.46. The Bertz CT molecular complexity index is 458. The van der Waals surface area contributed by atoms with Gasteiger partial charge in [-0.25, -0.2) is 4.79 Å². The Morgan fingerprint density at radius 3 is 2.71 bits per heavy atom. The number of nitrogens with one attached hydrogen (secondary N) is 2. The minimum absolute atomic E-state index is 0.00879. The van der Waals surface area contributed by atoms with Gasteiger partial charge in [0.1, 0.15) is 0 Å². The van der Waals surface area contributed by atoms with Gasteiger partial charge in [-0.2, -0.15) is 0 Å². The number of rotatable bonds is 5. The van der Waals surface area contributed by atoms with E-state index in [0.29, 0.717) is 12.6 Å². The number of amides is 2. The second-order valence-corrected chi connectivity index (χ2v) is 6.47. The monoisotopic (exact) mass is 287 g/mol. The second kappa shape index (κ2) is 6.92. The molecule has 2 N–H and O–H groups in total. The predicted octanol–water partition coefficient (Wildman–Crippen LogP) is 2.89. The molecule has 21 heavy (non-hydrogen) atoms. The molecule has 3 rings (SSSR count). The van der Waals surface area contributed by atoms with E-state index in [9.17, 15) is 4.79 Å². The molecule has 2 atom stereocenters. The van der Waals surface area contributed by atoms with Crippen LogP contribution in [0.1, 0.15) is 44.1 Å². The molecule has 0 radical (unpaired) electrons. The molecule has 1 heterocycles. The lowest BCUT2D eigenvalue weighted by atomic mass is 9.83. The molecule has 0 bridgehead atoms. The van der Waals surface area contributed by atoms with Crippen molar-refractivity contribution >= 4 is 6.03 Å². The summed E-state index contributed by atoms with van der Waals surface area (Å²) in [6.45, 7) is 0.675. The molecule has 4 heteroatoms. The molecular weight excluding hydrogens is 262 g/mol. The van der Waals surface area contributed by atoms with Crippen LogP contribution < -0.4 is 10.6 Å². The molecule has 0 aliphatic heterocycles. The first-order valence-electron chi connectivity index (χ1n) is 8.24. The maximum absolute atomic E-state index is 12.0. The summed E-state index contributed by atoms with van der Waals surface area (Å²) in [5.41, 5.74) is 1.21. The molecule has 1 aromatic rings. The fraction of sp³-hybridized carbons (Fsp3) is 0.647. The van der Waals surface area contributed by atoms with Crippen molar-refractivity contribution in [2.24, 2.45) is 11.8 Å². The number of aromatic nitrogens is 1. The summed E-state index contributed by atoms with van der Waals surface area (Å²) in [5.74, 6) is 1.82. The van der Waals surface area contributed by atoms with Gasteiger partial charge < -0.3 is 10.6 Å². The highest BCUT2D eigenvalue weighted by molar-refractivity contribution is 5.74. The molecule has 0 saturated heterocycles. The lowest BCUT2D eigenvalue weighted by molar-refractivity contribution is 0.221. The van der Waals surface area contributed by atoms with Crippen molar-refractivity contribution in [3.8, 4) is 0 Å². The SMILES string of the molecule is O=C(NCCc1ccncc1)N[C@@H]1CCC[C@@H](C2CC2)C1. The highest BCUT2D eigenvalue weighted by Crippen LogP contribution is 2.43. The average Bonchev–Trinajstić information content (AvgIpc) is 3.33. The van der Waals surface area contributed by atoms with Crippen molar-refractivity contribution in [2.45, 2.75) is 51.0 Å². The van der Waals surface area contributed by atoms with Gasteiger partial charge in [0.25, 0.3) is 0 Å². The molecule has 0 unspecified atom stereocenters. The van der Waals surface area contributed by atoms with Crippen LogP contribution in [-0.4, -0.2) is 23.6 Å². The van der Waals surface area contributed by atoms with Crippen molar-refractivity contribution in [2.75, 3.05) is 6.54 Å². The summed E-state index contributed by atoms with van der Waals surface area (Å²) < 4.78 is 0. The minimum Gasteiger partial charge on any atom is -0.338 e. The van der Waals surface area contributed by atoms with Gasteiger partial charge in [0.05, 0.1) is 0 Å². The van der Waals surface area contributed by atoms with Crippen molar-refractivity contribution < 1.29 is 4.79 Å². The van der Waals surface area contributed by atoms with E-state index in [2.05, 4.69) is 15.6 Å². The van der Waals surface area contributed by atoms with Crippen LogP contribution in [0.15, 0.2) is 24.5 Å². The van der Waals surface area contributed by atoms with Crippen molar-refractivity contribution in [1.29, 1.82) is 0 Å². The number of pyridine rings is 1. The molecule has 1 aromatic heterocycles. The first-order chi connectivity index (χ1) is 10.3. The number of hydrogen-bond donors (Lipinski definition) is 2.